The van der Waals surface area contributed by atoms with Gasteiger partial charge in [0, 0.05) is 6.42 Å². The number of carbonyl (C=O) groups excluding carboxylic acids is 1. The van der Waals surface area contributed by atoms with Crippen LogP contribution < -0.4 is 0 Å². The molecule has 0 bridgehead atoms. The van der Waals surface area contributed by atoms with Gasteiger partial charge in [0.2, 0.25) is 5.78 Å². The summed E-state index contributed by atoms with van der Waals surface area (Å²) in [5.41, 5.74) is 0. The van der Waals surface area contributed by atoms with Gasteiger partial charge in [-0.05, 0) is 5.92 Å². The first-order valence-corrected chi connectivity index (χ1v) is 2.80. The molecule has 0 saturated heterocycles. The third kappa shape index (κ3) is 6.52. The molecule has 0 saturated carbocycles. The molecular formula is C6H10CaO3+2. The fourth-order valence-electron chi connectivity index (χ4n) is 0.458. The number of carboxylic acid groups (broad SMARTS) is 1. The van der Waals surface area contributed by atoms with Crippen LogP contribution in [-0.2, 0) is 9.59 Å². The van der Waals surface area contributed by atoms with E-state index >= 15 is 0 Å². The Hall–Kier alpha value is 0.400. The topological polar surface area (TPSA) is 54.4 Å². The molecule has 0 aromatic heterocycles. The number of ketones is 1. The second-order valence-corrected chi connectivity index (χ2v) is 2.33. The molecule has 0 spiro atoms. The second kappa shape index (κ2) is 6.13. The molecule has 0 heterocycles. The quantitative estimate of drug-likeness (QED) is 0.489. The van der Waals surface area contributed by atoms with Crippen molar-refractivity contribution in [3.05, 3.63) is 0 Å². The van der Waals surface area contributed by atoms with Gasteiger partial charge >= 0.3 is 43.7 Å². The Kier molecular flexibility index (Phi) is 7.99. The second-order valence-electron chi connectivity index (χ2n) is 2.33. The van der Waals surface area contributed by atoms with Crippen LogP contribution in [0.5, 0.6) is 0 Å². The molecule has 0 radical (unpaired) electrons. The van der Waals surface area contributed by atoms with Crippen LogP contribution in [-0.4, -0.2) is 54.6 Å². The molecule has 52 valence electrons. The largest absolute Gasteiger partial charge is 2.00 e. The van der Waals surface area contributed by atoms with Gasteiger partial charge in [0.25, 0.3) is 0 Å². The van der Waals surface area contributed by atoms with Gasteiger partial charge in [-0.2, -0.15) is 0 Å². The molecule has 0 aliphatic carbocycles. The van der Waals surface area contributed by atoms with E-state index in [4.69, 9.17) is 5.11 Å². The molecule has 1 N–H and O–H groups in total. The summed E-state index contributed by atoms with van der Waals surface area (Å²) in [5, 5.41) is 8.08. The Labute approximate surface area is 89.8 Å². The molecule has 10 heavy (non-hydrogen) atoms. The minimum absolute atomic E-state index is 0. The summed E-state index contributed by atoms with van der Waals surface area (Å²) >= 11 is 0. The molecule has 0 amide bonds. The van der Waals surface area contributed by atoms with Crippen LogP contribution in [0.2, 0.25) is 0 Å². The van der Waals surface area contributed by atoms with Crippen LogP contribution in [0.15, 0.2) is 0 Å². The van der Waals surface area contributed by atoms with Crippen LogP contribution in [0.3, 0.4) is 0 Å². The maximum atomic E-state index is 10.4. The molecule has 0 aliphatic rings. The third-order valence-corrected chi connectivity index (χ3v) is 0.832. The van der Waals surface area contributed by atoms with Crippen molar-refractivity contribution >= 4 is 49.5 Å². The van der Waals surface area contributed by atoms with Gasteiger partial charge < -0.3 is 5.11 Å². The van der Waals surface area contributed by atoms with Crippen LogP contribution in [0, 0.1) is 5.92 Å². The minimum atomic E-state index is -1.33. The molecule has 3 nitrogen and oxygen atoms in total. The predicted octanol–water partition coefficient (Wildman–Crippen LogP) is 0.305. The van der Waals surface area contributed by atoms with Crippen molar-refractivity contribution in [1.29, 1.82) is 0 Å². The summed E-state index contributed by atoms with van der Waals surface area (Å²) < 4.78 is 0. The van der Waals surface area contributed by atoms with E-state index in [1.165, 1.54) is 0 Å². The predicted molar refractivity (Wildman–Crippen MR) is 37.9 cm³/mol. The zero-order valence-corrected chi connectivity index (χ0v) is 8.46. The molecule has 0 aromatic rings. The van der Waals surface area contributed by atoms with Gasteiger partial charge in [0.15, 0.2) is 0 Å². The van der Waals surface area contributed by atoms with Crippen molar-refractivity contribution in [1.82, 2.24) is 0 Å². The SMILES string of the molecule is CC(C)CC(=O)C(=O)O.[Ca+2]. The van der Waals surface area contributed by atoms with Crippen molar-refractivity contribution in [2.45, 2.75) is 20.3 Å². The number of hydrogen-bond donors (Lipinski definition) is 1. The number of carbonyl (C=O) groups is 2. The first-order valence-electron chi connectivity index (χ1n) is 2.80. The van der Waals surface area contributed by atoms with Gasteiger partial charge in [-0.25, -0.2) is 4.79 Å². The van der Waals surface area contributed by atoms with Crippen molar-refractivity contribution in [2.75, 3.05) is 0 Å². The molecule has 0 aromatic carbocycles. The first kappa shape index (κ1) is 13.0. The normalized spacial score (nSPS) is 8.70. The van der Waals surface area contributed by atoms with Crippen LogP contribution >= 0.6 is 0 Å². The number of rotatable bonds is 3. The molecular weight excluding hydrogens is 160 g/mol. The summed E-state index contributed by atoms with van der Waals surface area (Å²) in [6, 6.07) is 0. The Balaban J connectivity index is 0. The van der Waals surface area contributed by atoms with E-state index < -0.39 is 11.8 Å². The van der Waals surface area contributed by atoms with Gasteiger partial charge in [-0.3, -0.25) is 4.79 Å². The van der Waals surface area contributed by atoms with Crippen molar-refractivity contribution in [2.24, 2.45) is 5.92 Å². The molecule has 0 fully saturated rings. The van der Waals surface area contributed by atoms with E-state index in [1.807, 2.05) is 0 Å². The van der Waals surface area contributed by atoms with Crippen molar-refractivity contribution in [3.8, 4) is 0 Å². The molecule has 4 heteroatoms. The summed E-state index contributed by atoms with van der Waals surface area (Å²) in [7, 11) is 0. The van der Waals surface area contributed by atoms with Crippen LogP contribution in [0.4, 0.5) is 0 Å². The number of aliphatic carboxylic acids is 1. The summed E-state index contributed by atoms with van der Waals surface area (Å²) in [5.74, 6) is -1.90. The zero-order chi connectivity index (χ0) is 7.44. The summed E-state index contributed by atoms with van der Waals surface area (Å²) in [6.45, 7) is 3.61. The van der Waals surface area contributed by atoms with Crippen LogP contribution in [0.25, 0.3) is 0 Å². The maximum absolute atomic E-state index is 10.4. The van der Waals surface area contributed by atoms with Gasteiger partial charge in [-0.1, -0.05) is 13.8 Å². The number of hydrogen-bond acceptors (Lipinski definition) is 2. The van der Waals surface area contributed by atoms with E-state index in [1.54, 1.807) is 13.8 Å². The fraction of sp³-hybridized carbons (Fsp3) is 0.667. The van der Waals surface area contributed by atoms with E-state index in [0.29, 0.717) is 0 Å². The van der Waals surface area contributed by atoms with Gasteiger partial charge in [-0.15, -0.1) is 0 Å². The molecule has 0 atom stereocenters. The first-order chi connectivity index (χ1) is 4.04. The van der Waals surface area contributed by atoms with Crippen molar-refractivity contribution in [3.63, 3.8) is 0 Å². The average Bonchev–Trinajstić information content (AvgIpc) is 1.63. The number of carboxylic acids is 1. The monoisotopic (exact) mass is 170 g/mol. The Morgan fingerprint density at radius 1 is 1.40 bits per heavy atom. The average molecular weight is 170 g/mol. The minimum Gasteiger partial charge on any atom is -0.476 e. The van der Waals surface area contributed by atoms with Gasteiger partial charge in [0.1, 0.15) is 0 Å². The Bertz CT molecular complexity index is 131. The Morgan fingerprint density at radius 2 is 1.80 bits per heavy atom. The summed E-state index contributed by atoms with van der Waals surface area (Å²) in [4.78, 5) is 20.2. The van der Waals surface area contributed by atoms with E-state index in [2.05, 4.69) is 0 Å². The summed E-state index contributed by atoms with van der Waals surface area (Å²) in [6.07, 6.45) is 0.134. The molecule has 0 aliphatic heterocycles. The smallest absolute Gasteiger partial charge is 0.476 e. The van der Waals surface area contributed by atoms with Gasteiger partial charge in [0.05, 0.1) is 0 Å². The molecule has 0 rings (SSSR count). The standard InChI is InChI=1S/C6H10O3.Ca/c1-4(2)3-5(7)6(8)9;/h4H,3H2,1-2H3,(H,8,9);/q;+2. The van der Waals surface area contributed by atoms with Crippen LogP contribution in [0.1, 0.15) is 20.3 Å². The third-order valence-electron chi connectivity index (χ3n) is 0.832. The zero-order valence-electron chi connectivity index (χ0n) is 6.26. The van der Waals surface area contributed by atoms with E-state index in [0.717, 1.165) is 0 Å². The Morgan fingerprint density at radius 3 is 1.90 bits per heavy atom. The fourth-order valence-corrected chi connectivity index (χ4v) is 0.458. The van der Waals surface area contributed by atoms with Crippen molar-refractivity contribution < 1.29 is 14.7 Å². The van der Waals surface area contributed by atoms with E-state index in [-0.39, 0.29) is 50.1 Å². The molecule has 0 unspecified atom stereocenters. The maximum Gasteiger partial charge on any atom is 2.00 e. The van der Waals surface area contributed by atoms with E-state index in [9.17, 15) is 9.59 Å². The number of Topliss-reactive ketones (excluding diaryl/α,β-unsaturated/α-hetero) is 1.